The lowest BCUT2D eigenvalue weighted by atomic mass is 10.2. The van der Waals surface area contributed by atoms with E-state index in [4.69, 9.17) is 21.1 Å². The van der Waals surface area contributed by atoms with E-state index in [0.717, 1.165) is 12.8 Å². The average molecular weight is 499 g/mol. The summed E-state index contributed by atoms with van der Waals surface area (Å²) in [6, 6.07) is 7.76. The minimum absolute atomic E-state index is 0.0826. The zero-order valence-electron chi connectivity index (χ0n) is 15.9. The molecule has 0 aromatic heterocycles. The summed E-state index contributed by atoms with van der Waals surface area (Å²) >= 11 is 9.41. The summed E-state index contributed by atoms with van der Waals surface area (Å²) in [5.41, 5.74) is 2.96. The van der Waals surface area contributed by atoms with Gasteiger partial charge >= 0.3 is 11.8 Å². The number of hydrogen-bond donors (Lipinski definition) is 2. The van der Waals surface area contributed by atoms with Gasteiger partial charge in [0.1, 0.15) is 12.4 Å². The summed E-state index contributed by atoms with van der Waals surface area (Å²) in [7, 11) is 1.45. The summed E-state index contributed by atoms with van der Waals surface area (Å²) in [6.07, 6.45) is 3.12. The fourth-order valence-corrected chi connectivity index (χ4v) is 3.26. The molecule has 0 aliphatic heterocycles. The molecule has 3 rings (SSSR count). The lowest BCUT2D eigenvalue weighted by molar-refractivity contribution is -0.139. The van der Waals surface area contributed by atoms with Gasteiger partial charge in [-0.1, -0.05) is 17.7 Å². The Labute approximate surface area is 185 Å². The van der Waals surface area contributed by atoms with Gasteiger partial charge in [0.25, 0.3) is 0 Å². The highest BCUT2D eigenvalue weighted by Gasteiger charge is 2.26. The van der Waals surface area contributed by atoms with E-state index in [2.05, 4.69) is 31.8 Å². The third-order valence-corrected chi connectivity index (χ3v) is 5.12. The summed E-state index contributed by atoms with van der Waals surface area (Å²) < 4.78 is 25.5. The zero-order valence-corrected chi connectivity index (χ0v) is 18.2. The molecule has 7 nitrogen and oxygen atoms in total. The predicted octanol–water partition coefficient (Wildman–Crippen LogP) is 3.56. The van der Waals surface area contributed by atoms with Gasteiger partial charge in [0.2, 0.25) is 0 Å². The second-order valence-electron chi connectivity index (χ2n) is 6.47. The SMILES string of the molecule is COc1cc(/C=N\NC(=O)C(=O)NC2CC2)cc(Br)c1OCc1c(F)cccc1Cl. The molecule has 0 bridgehead atoms. The molecule has 1 saturated carbocycles. The van der Waals surface area contributed by atoms with Crippen molar-refractivity contribution >= 4 is 45.6 Å². The molecular weight excluding hydrogens is 481 g/mol. The number of halogens is 3. The average Bonchev–Trinajstić information content (AvgIpc) is 3.52. The second-order valence-corrected chi connectivity index (χ2v) is 7.73. The number of nitrogens with zero attached hydrogens (tertiary/aromatic N) is 1. The Balaban J connectivity index is 1.67. The van der Waals surface area contributed by atoms with Gasteiger partial charge in [-0.3, -0.25) is 9.59 Å². The van der Waals surface area contributed by atoms with Crippen LogP contribution in [-0.2, 0) is 16.2 Å². The van der Waals surface area contributed by atoms with E-state index >= 15 is 0 Å². The molecule has 2 N–H and O–H groups in total. The smallest absolute Gasteiger partial charge is 0.329 e. The molecule has 2 aromatic carbocycles. The van der Waals surface area contributed by atoms with Gasteiger partial charge in [-0.25, -0.2) is 9.82 Å². The maximum atomic E-state index is 13.9. The Kier molecular flexibility index (Phi) is 7.28. The number of rotatable bonds is 7. The van der Waals surface area contributed by atoms with E-state index < -0.39 is 17.6 Å². The maximum Gasteiger partial charge on any atom is 0.329 e. The van der Waals surface area contributed by atoms with Crippen molar-refractivity contribution in [3.8, 4) is 11.5 Å². The zero-order chi connectivity index (χ0) is 21.7. The molecule has 158 valence electrons. The monoisotopic (exact) mass is 497 g/mol. The molecule has 0 saturated heterocycles. The Hall–Kier alpha value is -2.65. The van der Waals surface area contributed by atoms with Crippen LogP contribution in [0.4, 0.5) is 4.39 Å². The molecule has 0 atom stereocenters. The summed E-state index contributed by atoms with van der Waals surface area (Å²) in [6.45, 7) is -0.0972. The van der Waals surface area contributed by atoms with Crippen LogP contribution in [0.2, 0.25) is 5.02 Å². The molecule has 10 heteroatoms. The van der Waals surface area contributed by atoms with Gasteiger partial charge < -0.3 is 14.8 Å². The lowest BCUT2D eigenvalue weighted by Crippen LogP contribution is -2.38. The van der Waals surface area contributed by atoms with Crippen LogP contribution in [0.3, 0.4) is 0 Å². The van der Waals surface area contributed by atoms with Crippen LogP contribution in [0.1, 0.15) is 24.0 Å². The number of methoxy groups -OCH3 is 1. The third kappa shape index (κ3) is 5.70. The van der Waals surface area contributed by atoms with Crippen LogP contribution in [-0.4, -0.2) is 31.2 Å². The quantitative estimate of drug-likeness (QED) is 0.347. The number of carbonyl (C=O) groups is 2. The van der Waals surface area contributed by atoms with E-state index in [-0.39, 0.29) is 23.2 Å². The summed E-state index contributed by atoms with van der Waals surface area (Å²) in [5.74, 6) is -1.32. The number of amides is 2. The van der Waals surface area contributed by atoms with Crippen molar-refractivity contribution < 1.29 is 23.5 Å². The molecule has 30 heavy (non-hydrogen) atoms. The van der Waals surface area contributed by atoms with Gasteiger partial charge in [0, 0.05) is 11.6 Å². The number of benzene rings is 2. The Morgan fingerprint density at radius 2 is 2.10 bits per heavy atom. The number of hydrazone groups is 1. The molecule has 0 spiro atoms. The van der Waals surface area contributed by atoms with E-state index in [9.17, 15) is 14.0 Å². The first-order valence-electron chi connectivity index (χ1n) is 8.96. The molecule has 2 aromatic rings. The fourth-order valence-electron chi connectivity index (χ4n) is 2.46. The number of nitrogens with one attached hydrogen (secondary N) is 2. The summed E-state index contributed by atoms with van der Waals surface area (Å²) in [4.78, 5) is 23.3. The standard InChI is InChI=1S/C20H18BrClFN3O4/c1-29-17-8-11(9-24-26-20(28)19(27)25-12-5-6-12)7-14(21)18(17)30-10-13-15(22)3-2-4-16(13)23/h2-4,7-9,12H,5-6,10H2,1H3,(H,25,27)(H,26,28)/b24-9-. The Morgan fingerprint density at radius 1 is 1.33 bits per heavy atom. The van der Waals surface area contributed by atoms with Crippen LogP contribution in [0.25, 0.3) is 0 Å². The minimum Gasteiger partial charge on any atom is -0.493 e. The first-order valence-corrected chi connectivity index (χ1v) is 10.1. The van der Waals surface area contributed by atoms with Crippen molar-refractivity contribution in [2.24, 2.45) is 5.10 Å². The molecule has 0 radical (unpaired) electrons. The lowest BCUT2D eigenvalue weighted by Gasteiger charge is -2.14. The van der Waals surface area contributed by atoms with E-state index in [1.807, 2.05) is 0 Å². The van der Waals surface area contributed by atoms with E-state index in [0.29, 0.717) is 21.5 Å². The van der Waals surface area contributed by atoms with Gasteiger partial charge in [-0.15, -0.1) is 0 Å². The van der Waals surface area contributed by atoms with Crippen molar-refractivity contribution in [3.05, 3.63) is 56.8 Å². The second kappa shape index (κ2) is 9.90. The fraction of sp³-hybridized carbons (Fsp3) is 0.250. The van der Waals surface area contributed by atoms with Crippen molar-refractivity contribution in [2.75, 3.05) is 7.11 Å². The summed E-state index contributed by atoms with van der Waals surface area (Å²) in [5, 5.41) is 6.61. The van der Waals surface area contributed by atoms with Crippen LogP contribution in [0.5, 0.6) is 11.5 Å². The Morgan fingerprint density at radius 3 is 2.77 bits per heavy atom. The van der Waals surface area contributed by atoms with Crippen molar-refractivity contribution in [3.63, 3.8) is 0 Å². The van der Waals surface area contributed by atoms with Crippen LogP contribution in [0, 0.1) is 5.82 Å². The topological polar surface area (TPSA) is 89.0 Å². The van der Waals surface area contributed by atoms with Crippen LogP contribution >= 0.6 is 27.5 Å². The van der Waals surface area contributed by atoms with Crippen LogP contribution < -0.4 is 20.2 Å². The molecular formula is C20H18BrClFN3O4. The normalized spacial score (nSPS) is 13.2. The maximum absolute atomic E-state index is 13.9. The largest absolute Gasteiger partial charge is 0.493 e. The van der Waals surface area contributed by atoms with Crippen molar-refractivity contribution in [2.45, 2.75) is 25.5 Å². The van der Waals surface area contributed by atoms with Crippen molar-refractivity contribution in [1.82, 2.24) is 10.7 Å². The number of carbonyl (C=O) groups excluding carboxylic acids is 2. The first kappa shape index (κ1) is 22.0. The Bertz CT molecular complexity index is 978. The molecule has 0 heterocycles. The van der Waals surface area contributed by atoms with Gasteiger partial charge in [0.05, 0.1) is 22.8 Å². The van der Waals surface area contributed by atoms with Gasteiger partial charge in [-0.2, -0.15) is 5.10 Å². The third-order valence-electron chi connectivity index (χ3n) is 4.17. The highest BCUT2D eigenvalue weighted by atomic mass is 79.9. The molecule has 1 aliphatic rings. The minimum atomic E-state index is -0.842. The highest BCUT2D eigenvalue weighted by Crippen LogP contribution is 2.37. The molecule has 0 unspecified atom stereocenters. The van der Waals surface area contributed by atoms with Crippen LogP contribution in [0.15, 0.2) is 39.9 Å². The molecule has 2 amide bonds. The number of ether oxygens (including phenoxy) is 2. The van der Waals surface area contributed by atoms with E-state index in [1.165, 1.54) is 25.5 Å². The van der Waals surface area contributed by atoms with E-state index in [1.54, 1.807) is 18.2 Å². The first-order chi connectivity index (χ1) is 14.4. The highest BCUT2D eigenvalue weighted by molar-refractivity contribution is 9.10. The molecule has 1 aliphatic carbocycles. The van der Waals surface area contributed by atoms with Crippen molar-refractivity contribution in [1.29, 1.82) is 0 Å². The predicted molar refractivity (Wildman–Crippen MR) is 113 cm³/mol. The molecule has 1 fully saturated rings. The number of hydrogen-bond acceptors (Lipinski definition) is 5. The van der Waals surface area contributed by atoms with Gasteiger partial charge in [-0.05, 0) is 58.6 Å². The van der Waals surface area contributed by atoms with Gasteiger partial charge in [0.15, 0.2) is 11.5 Å².